The van der Waals surface area contributed by atoms with Gasteiger partial charge in [0.15, 0.2) is 0 Å². The van der Waals surface area contributed by atoms with Gasteiger partial charge in [-0.2, -0.15) is 4.31 Å². The summed E-state index contributed by atoms with van der Waals surface area (Å²) in [5.74, 6) is 0.318. The summed E-state index contributed by atoms with van der Waals surface area (Å²) in [5, 5.41) is 11.0. The molecule has 1 fully saturated rings. The van der Waals surface area contributed by atoms with Crippen LogP contribution in [0.2, 0.25) is 0 Å². The highest BCUT2D eigenvalue weighted by atomic mass is 35.5. The summed E-state index contributed by atoms with van der Waals surface area (Å²) >= 11 is 0. The van der Waals surface area contributed by atoms with E-state index in [0.29, 0.717) is 37.4 Å². The second-order valence-electron chi connectivity index (χ2n) is 5.81. The Bertz CT molecular complexity index is 671. The van der Waals surface area contributed by atoms with Gasteiger partial charge in [0, 0.05) is 30.8 Å². The van der Waals surface area contributed by atoms with Gasteiger partial charge in [-0.1, -0.05) is 6.07 Å². The highest BCUT2D eigenvalue weighted by Crippen LogP contribution is 2.28. The molecule has 1 saturated heterocycles. The number of sulfonamides is 1. The first kappa shape index (κ1) is 19.8. The van der Waals surface area contributed by atoms with Crippen LogP contribution in [0.5, 0.6) is 0 Å². The lowest BCUT2D eigenvalue weighted by atomic mass is 9.92. The molecule has 23 heavy (non-hydrogen) atoms. The van der Waals surface area contributed by atoms with E-state index in [1.165, 1.54) is 16.4 Å². The Morgan fingerprint density at radius 3 is 2.39 bits per heavy atom. The van der Waals surface area contributed by atoms with E-state index in [0.717, 1.165) is 6.07 Å². The number of halogens is 1. The summed E-state index contributed by atoms with van der Waals surface area (Å²) in [6, 6.07) is 4.09. The fourth-order valence-electron chi connectivity index (χ4n) is 2.74. The van der Waals surface area contributed by atoms with Crippen LogP contribution >= 0.6 is 12.4 Å². The number of nitro groups is 1. The van der Waals surface area contributed by atoms with E-state index in [9.17, 15) is 18.5 Å². The van der Waals surface area contributed by atoms with Crippen molar-refractivity contribution in [1.82, 2.24) is 4.31 Å². The number of hydrogen-bond donors (Lipinski definition) is 1. The molecule has 1 aromatic rings. The first-order valence-electron chi connectivity index (χ1n) is 7.24. The second-order valence-corrected chi connectivity index (χ2v) is 7.74. The third kappa shape index (κ3) is 4.20. The third-order valence-corrected chi connectivity index (χ3v) is 6.15. The molecule has 9 heteroatoms. The summed E-state index contributed by atoms with van der Waals surface area (Å²) in [5.41, 5.74) is 6.13. The van der Waals surface area contributed by atoms with E-state index in [1.807, 2.05) is 6.92 Å². The quantitative estimate of drug-likeness (QED) is 0.651. The number of nitrogens with zero attached hydrogens (tertiary/aromatic N) is 2. The molecule has 1 atom stereocenters. The van der Waals surface area contributed by atoms with E-state index in [4.69, 9.17) is 5.73 Å². The minimum Gasteiger partial charge on any atom is -0.328 e. The summed E-state index contributed by atoms with van der Waals surface area (Å²) in [6.45, 7) is 4.31. The molecule has 2 rings (SSSR count). The molecule has 1 heterocycles. The zero-order valence-corrected chi connectivity index (χ0v) is 14.8. The third-order valence-electron chi connectivity index (χ3n) is 4.26. The largest absolute Gasteiger partial charge is 0.328 e. The first-order valence-corrected chi connectivity index (χ1v) is 8.68. The number of nitro benzene ring substituents is 1. The van der Waals surface area contributed by atoms with Gasteiger partial charge in [-0.3, -0.25) is 10.1 Å². The number of aryl methyl sites for hydroxylation is 1. The van der Waals surface area contributed by atoms with Crippen molar-refractivity contribution in [3.63, 3.8) is 0 Å². The highest BCUT2D eigenvalue weighted by molar-refractivity contribution is 7.89. The molecule has 0 saturated carbocycles. The van der Waals surface area contributed by atoms with Crippen molar-refractivity contribution in [3.05, 3.63) is 33.9 Å². The second kappa shape index (κ2) is 7.57. The van der Waals surface area contributed by atoms with Crippen molar-refractivity contribution < 1.29 is 13.3 Å². The van der Waals surface area contributed by atoms with E-state index in [1.54, 1.807) is 6.92 Å². The van der Waals surface area contributed by atoms with Gasteiger partial charge in [0.2, 0.25) is 10.0 Å². The lowest BCUT2D eigenvalue weighted by molar-refractivity contribution is -0.385. The fraction of sp³-hybridized carbons (Fsp3) is 0.571. The van der Waals surface area contributed by atoms with Crippen LogP contribution in [0, 0.1) is 23.0 Å². The molecule has 1 unspecified atom stereocenters. The maximum absolute atomic E-state index is 12.6. The van der Waals surface area contributed by atoms with Gasteiger partial charge in [-0.25, -0.2) is 8.42 Å². The molecule has 7 nitrogen and oxygen atoms in total. The van der Waals surface area contributed by atoms with Crippen LogP contribution in [-0.2, 0) is 10.0 Å². The van der Waals surface area contributed by atoms with Crippen LogP contribution in [-0.4, -0.2) is 36.8 Å². The minimum absolute atomic E-state index is 0. The van der Waals surface area contributed by atoms with Crippen LogP contribution in [0.1, 0.15) is 25.3 Å². The van der Waals surface area contributed by atoms with Crippen LogP contribution in [0.15, 0.2) is 23.1 Å². The molecule has 1 aliphatic rings. The Hall–Kier alpha value is -1.22. The first-order chi connectivity index (χ1) is 10.2. The lowest BCUT2D eigenvalue weighted by Crippen LogP contribution is -2.42. The molecule has 1 aromatic carbocycles. The predicted octanol–water partition coefficient (Wildman–Crippen LogP) is 2.07. The molecule has 130 valence electrons. The number of benzene rings is 1. The Labute approximate surface area is 142 Å². The molecule has 0 radical (unpaired) electrons. The Morgan fingerprint density at radius 1 is 1.35 bits per heavy atom. The number of rotatable bonds is 4. The van der Waals surface area contributed by atoms with Crippen LogP contribution in [0.4, 0.5) is 5.69 Å². The van der Waals surface area contributed by atoms with Crippen LogP contribution in [0.3, 0.4) is 0 Å². The fourth-order valence-corrected chi connectivity index (χ4v) is 4.23. The Morgan fingerprint density at radius 2 is 1.91 bits per heavy atom. The van der Waals surface area contributed by atoms with Crippen molar-refractivity contribution in [2.24, 2.45) is 11.7 Å². The minimum atomic E-state index is -3.70. The van der Waals surface area contributed by atoms with Crippen molar-refractivity contribution in [1.29, 1.82) is 0 Å². The van der Waals surface area contributed by atoms with Gasteiger partial charge >= 0.3 is 0 Å². The van der Waals surface area contributed by atoms with Crippen LogP contribution < -0.4 is 5.73 Å². The topological polar surface area (TPSA) is 107 Å². The molecule has 0 aromatic heterocycles. The van der Waals surface area contributed by atoms with Gasteiger partial charge in [0.1, 0.15) is 0 Å². The van der Waals surface area contributed by atoms with Gasteiger partial charge < -0.3 is 5.73 Å². The van der Waals surface area contributed by atoms with Crippen LogP contribution in [0.25, 0.3) is 0 Å². The monoisotopic (exact) mass is 363 g/mol. The number of piperidine rings is 1. The standard InChI is InChI=1S/C14H21N3O4S.ClH/c1-10-3-4-13(9-14(10)17(18)19)22(20,21)16-7-5-12(6-8-16)11(2)15;/h3-4,9,11-12H,5-8,15H2,1-2H3;1H. The smallest absolute Gasteiger partial charge is 0.273 e. The summed E-state index contributed by atoms with van der Waals surface area (Å²) in [6.07, 6.45) is 1.43. The lowest BCUT2D eigenvalue weighted by Gasteiger charge is -2.32. The van der Waals surface area contributed by atoms with Crippen molar-refractivity contribution >= 4 is 28.1 Å². The average Bonchev–Trinajstić information content (AvgIpc) is 2.47. The highest BCUT2D eigenvalue weighted by Gasteiger charge is 2.31. The molecular formula is C14H22ClN3O4S. The summed E-state index contributed by atoms with van der Waals surface area (Å²) < 4.78 is 26.6. The zero-order valence-electron chi connectivity index (χ0n) is 13.1. The molecule has 0 amide bonds. The normalized spacial score (nSPS) is 18.2. The molecule has 2 N–H and O–H groups in total. The molecule has 1 aliphatic heterocycles. The maximum atomic E-state index is 12.6. The molecule has 0 bridgehead atoms. The van der Waals surface area contributed by atoms with Gasteiger partial charge in [0.25, 0.3) is 5.69 Å². The molecular weight excluding hydrogens is 342 g/mol. The predicted molar refractivity (Wildman–Crippen MR) is 90.2 cm³/mol. The number of nitrogens with two attached hydrogens (primary N) is 1. The summed E-state index contributed by atoms with van der Waals surface area (Å²) in [4.78, 5) is 10.4. The maximum Gasteiger partial charge on any atom is 0.273 e. The SMILES string of the molecule is Cc1ccc(S(=O)(=O)N2CCC(C(C)N)CC2)cc1[N+](=O)[O-].Cl. The van der Waals surface area contributed by atoms with Gasteiger partial charge in [-0.05, 0) is 38.7 Å². The van der Waals surface area contributed by atoms with Crippen molar-refractivity contribution in [2.75, 3.05) is 13.1 Å². The van der Waals surface area contributed by atoms with E-state index in [-0.39, 0.29) is 29.0 Å². The van der Waals surface area contributed by atoms with E-state index in [2.05, 4.69) is 0 Å². The van der Waals surface area contributed by atoms with Crippen molar-refractivity contribution in [3.8, 4) is 0 Å². The molecule has 0 aliphatic carbocycles. The van der Waals surface area contributed by atoms with Gasteiger partial charge in [-0.15, -0.1) is 12.4 Å². The molecule has 0 spiro atoms. The Kier molecular flexibility index (Phi) is 6.52. The van der Waals surface area contributed by atoms with E-state index >= 15 is 0 Å². The summed E-state index contributed by atoms with van der Waals surface area (Å²) in [7, 11) is -3.70. The Balaban J connectivity index is 0.00000264. The zero-order chi connectivity index (χ0) is 16.5. The van der Waals surface area contributed by atoms with Gasteiger partial charge in [0.05, 0.1) is 9.82 Å². The van der Waals surface area contributed by atoms with E-state index < -0.39 is 14.9 Å². The number of hydrogen-bond acceptors (Lipinski definition) is 5. The average molecular weight is 364 g/mol. The van der Waals surface area contributed by atoms with Crippen molar-refractivity contribution in [2.45, 2.75) is 37.6 Å².